The lowest BCUT2D eigenvalue weighted by Crippen LogP contribution is -2.40. The lowest BCUT2D eigenvalue weighted by atomic mass is 10.1. The van der Waals surface area contributed by atoms with Gasteiger partial charge in [0.15, 0.2) is 10.1 Å². The van der Waals surface area contributed by atoms with Gasteiger partial charge in [-0.1, -0.05) is 134 Å². The lowest BCUT2D eigenvalue weighted by molar-refractivity contribution is -0.525. The van der Waals surface area contributed by atoms with Crippen LogP contribution in [-0.4, -0.2) is 97.9 Å². The van der Waals surface area contributed by atoms with Crippen molar-refractivity contribution in [3.63, 3.8) is 0 Å². The number of ether oxygens (including phenoxy) is 1. The molecule has 0 saturated heterocycles. The molecule has 558 valence electrons. The van der Waals surface area contributed by atoms with Gasteiger partial charge in [0, 0.05) is 85.1 Å². The van der Waals surface area contributed by atoms with Gasteiger partial charge in [0.05, 0.1) is 6.04 Å². The zero-order valence-corrected chi connectivity index (χ0v) is 59.3. The minimum Gasteiger partial charge on any atom is -0.444 e. The summed E-state index contributed by atoms with van der Waals surface area (Å²) in [4.78, 5) is 49.8. The zero-order valence-electron chi connectivity index (χ0n) is 59.3. The number of nitrogens with zero attached hydrogens (tertiary/aromatic N) is 4. The number of benzene rings is 7. The fourth-order valence-electron chi connectivity index (χ4n) is 7.22. The molecule has 1 amide bonds. The van der Waals surface area contributed by atoms with Gasteiger partial charge in [0.2, 0.25) is 0 Å². The Morgan fingerprint density at radius 2 is 0.931 bits per heavy atom. The Morgan fingerprint density at radius 1 is 0.525 bits per heavy atom. The third kappa shape index (κ3) is 60.0. The lowest BCUT2D eigenvalue weighted by Gasteiger charge is -2.21. The number of nitrogens with one attached hydrogen (secondary N) is 4. The number of amides is 1. The number of nitrogens with two attached hydrogens (primary N) is 16. The second kappa shape index (κ2) is 61.4. The number of hydrogen-bond acceptors (Lipinski definition) is 24. The van der Waals surface area contributed by atoms with Crippen LogP contribution in [-0.2, 0) is 42.0 Å². The van der Waals surface area contributed by atoms with Crippen molar-refractivity contribution in [2.24, 2.45) is 61.6 Å². The molecular weight excluding hydrogens is 1290 g/mol. The third-order valence-corrected chi connectivity index (χ3v) is 12.0. The van der Waals surface area contributed by atoms with Crippen molar-refractivity contribution in [3.05, 3.63) is 230 Å². The van der Waals surface area contributed by atoms with Crippen LogP contribution >= 0.6 is 0 Å². The Bertz CT molecular complexity index is 3240. The molecule has 7 aromatic carbocycles. The normalized spacial score (nSPS) is 10.7. The van der Waals surface area contributed by atoms with Crippen molar-refractivity contribution < 1.29 is 24.4 Å². The molecule has 0 fully saturated rings. The number of nitrogen functional groups attached to an aromatic ring is 7. The topological polar surface area (TPSA) is 619 Å². The van der Waals surface area contributed by atoms with E-state index in [4.69, 9.17) is 96.5 Å². The van der Waals surface area contributed by atoms with Crippen LogP contribution < -0.4 is 113 Å². The first-order chi connectivity index (χ1) is 48.1. The van der Waals surface area contributed by atoms with E-state index < -0.39 is 27.8 Å². The first-order valence-corrected chi connectivity index (χ1v) is 32.4. The average Bonchev–Trinajstić information content (AvgIpc) is 1.05. The van der Waals surface area contributed by atoms with Crippen LogP contribution in [0.2, 0.25) is 0 Å². The van der Waals surface area contributed by atoms with Crippen molar-refractivity contribution in [1.82, 2.24) is 21.5 Å². The zero-order chi connectivity index (χ0) is 76.7. The van der Waals surface area contributed by atoms with Crippen LogP contribution in [0.3, 0.4) is 0 Å². The molecule has 0 unspecified atom stereocenters. The Kier molecular flexibility index (Phi) is 57.3. The number of anilines is 7. The summed E-state index contributed by atoms with van der Waals surface area (Å²) in [6.45, 7) is 15.1. The van der Waals surface area contributed by atoms with E-state index in [1.165, 1.54) is 5.56 Å². The van der Waals surface area contributed by atoms with Crippen LogP contribution in [0.5, 0.6) is 0 Å². The summed E-state index contributed by atoms with van der Waals surface area (Å²) in [6.07, 6.45) is 3.98. The molecule has 0 bridgehead atoms. The number of guanidine groups is 2. The van der Waals surface area contributed by atoms with Gasteiger partial charge in [-0.25, -0.2) is 35.0 Å². The fourth-order valence-corrected chi connectivity index (χ4v) is 7.22. The summed E-state index contributed by atoms with van der Waals surface area (Å²) in [5, 5.41) is 24.0. The molecule has 7 rings (SSSR count). The number of carbonyl (C=O) groups is 2. The van der Waals surface area contributed by atoms with Gasteiger partial charge >= 0.3 is 6.09 Å². The molecule has 7 aromatic rings. The number of rotatable bonds is 22. The number of alkyl carbamates (subject to hydrolysis) is 1. The van der Waals surface area contributed by atoms with Gasteiger partial charge < -0.3 is 112 Å². The summed E-state index contributed by atoms with van der Waals surface area (Å²) in [6, 6.07) is 56.7. The van der Waals surface area contributed by atoms with Gasteiger partial charge in [-0.15, -0.1) is 0 Å². The first-order valence-electron chi connectivity index (χ1n) is 32.4. The van der Waals surface area contributed by atoms with Crippen molar-refractivity contribution in [2.45, 2.75) is 110 Å². The van der Waals surface area contributed by atoms with Gasteiger partial charge in [-0.2, -0.15) is 0 Å². The molecule has 0 aromatic heterocycles. The van der Waals surface area contributed by atoms with Crippen molar-refractivity contribution in [3.8, 4) is 0 Å². The molecule has 2 atom stereocenters. The SMILES string of the molecule is CC(C)(C)OC(=O)N[C@H](C=O)CCCN=C(N)N[N+](=O)[O-].CCN.CCNC[C@@H](N)CCCN=C(N)N[N+](=O)[O-].NCCc1cccc(N)c1.NCCc1ccccc1N.NCc1ccc(N)cc1.NCc1cccc(N)c1.NCc1ccccc1N.Nc1ccccc1.Nc1ccccc1. The molecule has 31 heteroatoms. The maximum Gasteiger partial charge on any atom is 0.408 e. The number of carbonyl (C=O) groups excluding carboxylic acids is 2. The minimum atomic E-state index is -0.822. The molecule has 0 radical (unpaired) electrons. The van der Waals surface area contributed by atoms with E-state index in [0.717, 1.165) is 107 Å². The van der Waals surface area contributed by atoms with Gasteiger partial charge in [-0.3, -0.25) is 0 Å². The highest BCUT2D eigenvalue weighted by Gasteiger charge is 2.19. The molecular formula is C70H116N24O7. The number of aldehydes is 1. The third-order valence-electron chi connectivity index (χ3n) is 12.0. The molecule has 0 spiro atoms. The van der Waals surface area contributed by atoms with Gasteiger partial charge in [0.1, 0.15) is 11.9 Å². The quantitative estimate of drug-likeness (QED) is 0.00809. The Balaban J connectivity index is -0.00000109. The Morgan fingerprint density at radius 3 is 1.29 bits per heavy atom. The molecule has 36 N–H and O–H groups in total. The molecule has 101 heavy (non-hydrogen) atoms. The Labute approximate surface area is 595 Å². The molecule has 0 saturated carbocycles. The predicted octanol–water partition coefficient (Wildman–Crippen LogP) is 4.98. The number of para-hydroxylation sites is 4. The van der Waals surface area contributed by atoms with E-state index in [-0.39, 0.29) is 24.5 Å². The molecule has 0 aliphatic rings. The fraction of sp³-hybridized carbons (Fsp3) is 0.343. The highest BCUT2D eigenvalue weighted by atomic mass is 16.7. The average molecular weight is 1410 g/mol. The molecule has 0 aliphatic heterocycles. The second-order valence-electron chi connectivity index (χ2n) is 22.1. The molecule has 0 aliphatic carbocycles. The highest BCUT2D eigenvalue weighted by Crippen LogP contribution is 2.12. The number of hydrogen-bond donors (Lipinski definition) is 20. The van der Waals surface area contributed by atoms with E-state index in [1.54, 1.807) is 31.6 Å². The maximum atomic E-state index is 11.5. The van der Waals surface area contributed by atoms with Crippen molar-refractivity contribution >= 4 is 64.1 Å². The van der Waals surface area contributed by atoms with Crippen LogP contribution in [0, 0.1) is 20.2 Å². The van der Waals surface area contributed by atoms with Crippen LogP contribution in [0.25, 0.3) is 0 Å². The minimum absolute atomic E-state index is 0.0832. The van der Waals surface area contributed by atoms with E-state index in [9.17, 15) is 29.8 Å². The predicted molar refractivity (Wildman–Crippen MR) is 417 cm³/mol. The second-order valence-corrected chi connectivity index (χ2v) is 22.1. The molecule has 31 nitrogen and oxygen atoms in total. The number of hydrazine groups is 2. The summed E-state index contributed by atoms with van der Waals surface area (Å²) in [7, 11) is 0. The van der Waals surface area contributed by atoms with Gasteiger partial charge in [-0.05, 0) is 186 Å². The largest absolute Gasteiger partial charge is 0.444 e. The first kappa shape index (κ1) is 94.3. The number of likely N-dealkylation sites (N-methyl/N-ethyl adjacent to an activating group) is 1. The number of nitro groups is 2. The summed E-state index contributed by atoms with van der Waals surface area (Å²) < 4.78 is 5.02. The van der Waals surface area contributed by atoms with Crippen LogP contribution in [0.15, 0.2) is 192 Å². The van der Waals surface area contributed by atoms with Crippen LogP contribution in [0.1, 0.15) is 88.1 Å². The van der Waals surface area contributed by atoms with Crippen molar-refractivity contribution in [1.29, 1.82) is 0 Å². The summed E-state index contributed by atoms with van der Waals surface area (Å²) in [5.74, 6) is -0.493. The standard InChI is InChI=1S/C11H21N5O5.C8H20N6O2.2C8H12N2.3C7H10N2.2C6H7N.C2H7N/c1-11(2,3)21-10(18)14-8(7-17)5-4-6-13-9(12)15-16(19)20;1-2-11-6-7(9)4-3-5-12-8(10)13-14(15)16;9-5-4-7-2-1-3-8(10)6-7;9-6-5-7-3-1-2-4-8(7)10;8-5-6-1-3-7(9)4-2-6;8-5-6-2-1-3-7(9)4-6;8-5-6-3-1-2-4-7(6)9;2*7-6-4-2-1-3-5-6;1-2-3/h7-8H,4-6H2,1-3H3,(H,14,18)(H3,12,13,15);7,11H,2-6,9H2,1H3,(H3,10,12,13);1-3,6H,4-5,9-10H2;1-4H,5-6,9-10H2;3*1-4H,5,8-9H2;2*1-5H,7H2;2-3H2,1H3/t8-;7-;;;;;;;;/m00......../s1. The van der Waals surface area contributed by atoms with E-state index >= 15 is 0 Å². The van der Waals surface area contributed by atoms with Crippen LogP contribution in [0.4, 0.5) is 44.6 Å². The van der Waals surface area contributed by atoms with E-state index in [2.05, 4.69) is 20.6 Å². The summed E-state index contributed by atoms with van der Waals surface area (Å²) in [5.41, 5.74) is 100. The van der Waals surface area contributed by atoms with E-state index in [1.807, 2.05) is 196 Å². The highest BCUT2D eigenvalue weighted by molar-refractivity contribution is 5.77. The molecule has 0 heterocycles. The Hall–Kier alpha value is -10.9. The number of aliphatic imine (C=N–C) groups is 2. The van der Waals surface area contributed by atoms with Gasteiger partial charge in [0.25, 0.3) is 11.9 Å². The maximum absolute atomic E-state index is 11.5. The summed E-state index contributed by atoms with van der Waals surface area (Å²) >= 11 is 0. The van der Waals surface area contributed by atoms with E-state index in [0.29, 0.717) is 58.4 Å². The van der Waals surface area contributed by atoms with Crippen molar-refractivity contribution in [2.75, 3.05) is 85.9 Å². The smallest absolute Gasteiger partial charge is 0.408 e. The monoisotopic (exact) mass is 1400 g/mol.